The van der Waals surface area contributed by atoms with Gasteiger partial charge in [-0.3, -0.25) is 0 Å². The van der Waals surface area contributed by atoms with Crippen molar-refractivity contribution in [2.75, 3.05) is 13.7 Å². The highest BCUT2D eigenvalue weighted by Crippen LogP contribution is 2.27. The molecule has 0 aromatic heterocycles. The highest BCUT2D eigenvalue weighted by Gasteiger charge is 2.13. The summed E-state index contributed by atoms with van der Waals surface area (Å²) in [4.78, 5) is 0. The number of nitrogens with one attached hydrogen (secondary N) is 1. The Morgan fingerprint density at radius 3 is 2.93 bits per heavy atom. The number of benzene rings is 1. The molecule has 0 fully saturated rings. The molecule has 1 aliphatic heterocycles. The summed E-state index contributed by atoms with van der Waals surface area (Å²) in [7, 11) is 1.75. The number of hydrogen-bond acceptors (Lipinski definition) is 2. The highest BCUT2D eigenvalue weighted by atomic mass is 16.5. The molecule has 76 valence electrons. The van der Waals surface area contributed by atoms with Crippen molar-refractivity contribution < 1.29 is 4.74 Å². The molecule has 0 amide bonds. The Morgan fingerprint density at radius 1 is 1.29 bits per heavy atom. The van der Waals surface area contributed by atoms with Gasteiger partial charge < -0.3 is 10.1 Å². The van der Waals surface area contributed by atoms with Gasteiger partial charge in [-0.25, -0.2) is 0 Å². The lowest BCUT2D eigenvalue weighted by Crippen LogP contribution is -2.12. The maximum atomic E-state index is 5.40. The van der Waals surface area contributed by atoms with Gasteiger partial charge in [0.2, 0.25) is 0 Å². The molecule has 1 aromatic carbocycles. The van der Waals surface area contributed by atoms with Gasteiger partial charge in [0, 0.05) is 6.54 Å². The summed E-state index contributed by atoms with van der Waals surface area (Å²) in [6, 6.07) is 4.23. The lowest BCUT2D eigenvalue weighted by atomic mass is 9.98. The molecule has 0 saturated carbocycles. The fourth-order valence-electron chi connectivity index (χ4n) is 2.10. The van der Waals surface area contributed by atoms with Crippen molar-refractivity contribution in [3.05, 3.63) is 28.8 Å². The molecule has 0 saturated heterocycles. The van der Waals surface area contributed by atoms with E-state index in [1.165, 1.54) is 23.1 Å². The number of fused-ring (bicyclic) bond motifs is 1. The van der Waals surface area contributed by atoms with E-state index in [0.29, 0.717) is 0 Å². The van der Waals surface area contributed by atoms with Gasteiger partial charge in [-0.2, -0.15) is 0 Å². The Morgan fingerprint density at radius 2 is 2.14 bits per heavy atom. The zero-order chi connectivity index (χ0) is 9.97. The van der Waals surface area contributed by atoms with Crippen molar-refractivity contribution in [2.24, 2.45) is 0 Å². The first-order valence-corrected chi connectivity index (χ1v) is 5.19. The van der Waals surface area contributed by atoms with Crippen LogP contribution in [0, 0.1) is 6.92 Å². The van der Waals surface area contributed by atoms with Crippen LogP contribution in [-0.4, -0.2) is 13.7 Å². The van der Waals surface area contributed by atoms with E-state index in [0.717, 1.165) is 25.3 Å². The van der Waals surface area contributed by atoms with Gasteiger partial charge in [-0.15, -0.1) is 0 Å². The quantitative estimate of drug-likeness (QED) is 0.733. The van der Waals surface area contributed by atoms with E-state index in [1.54, 1.807) is 7.11 Å². The molecule has 0 atom stereocenters. The monoisotopic (exact) mass is 191 g/mol. The molecule has 1 aliphatic rings. The molecule has 2 nitrogen and oxygen atoms in total. The summed E-state index contributed by atoms with van der Waals surface area (Å²) in [5.41, 5.74) is 4.20. The molecule has 0 bridgehead atoms. The second-order valence-electron chi connectivity index (χ2n) is 3.82. The van der Waals surface area contributed by atoms with Crippen LogP contribution in [0.5, 0.6) is 5.75 Å². The first-order chi connectivity index (χ1) is 6.83. The first kappa shape index (κ1) is 9.53. The zero-order valence-electron chi connectivity index (χ0n) is 8.89. The predicted octanol–water partition coefficient (Wildman–Crippen LogP) is 2.04. The maximum Gasteiger partial charge on any atom is 0.122 e. The summed E-state index contributed by atoms with van der Waals surface area (Å²) in [5.74, 6) is 1.05. The first-order valence-electron chi connectivity index (χ1n) is 5.19. The molecule has 1 aromatic rings. The van der Waals surface area contributed by atoms with Gasteiger partial charge in [0.05, 0.1) is 7.11 Å². The van der Waals surface area contributed by atoms with Crippen LogP contribution in [0.4, 0.5) is 0 Å². The minimum absolute atomic E-state index is 0.984. The molecule has 0 spiro atoms. The van der Waals surface area contributed by atoms with Crippen molar-refractivity contribution in [2.45, 2.75) is 26.3 Å². The fraction of sp³-hybridized carbons (Fsp3) is 0.500. The molecule has 0 radical (unpaired) electrons. The summed E-state index contributed by atoms with van der Waals surface area (Å²) in [6.07, 6.45) is 2.33. The van der Waals surface area contributed by atoms with Crippen molar-refractivity contribution in [1.29, 1.82) is 0 Å². The Hall–Kier alpha value is -1.02. The van der Waals surface area contributed by atoms with Crippen LogP contribution in [0.3, 0.4) is 0 Å². The summed E-state index contributed by atoms with van der Waals surface area (Å²) in [6.45, 7) is 4.26. The molecule has 14 heavy (non-hydrogen) atoms. The molecular weight excluding hydrogens is 174 g/mol. The summed E-state index contributed by atoms with van der Waals surface area (Å²) in [5, 5.41) is 3.44. The maximum absolute atomic E-state index is 5.40. The van der Waals surface area contributed by atoms with Crippen molar-refractivity contribution >= 4 is 0 Å². The minimum atomic E-state index is 0.984. The van der Waals surface area contributed by atoms with Gasteiger partial charge in [-0.1, -0.05) is 6.07 Å². The van der Waals surface area contributed by atoms with E-state index in [4.69, 9.17) is 4.74 Å². The Kier molecular flexibility index (Phi) is 2.73. The smallest absolute Gasteiger partial charge is 0.122 e. The number of methoxy groups -OCH3 is 1. The number of ether oxygens (including phenoxy) is 1. The minimum Gasteiger partial charge on any atom is -0.496 e. The molecular formula is C12H17NO. The lowest BCUT2D eigenvalue weighted by Gasteiger charge is -2.13. The molecule has 1 N–H and O–H groups in total. The van der Waals surface area contributed by atoms with E-state index in [2.05, 4.69) is 24.4 Å². The van der Waals surface area contributed by atoms with Crippen LogP contribution in [0.2, 0.25) is 0 Å². The normalized spacial score (nSPS) is 15.9. The molecule has 0 aliphatic carbocycles. The second kappa shape index (κ2) is 4.01. The molecule has 2 rings (SSSR count). The number of aryl methyl sites for hydroxylation is 1. The Balaban J connectivity index is 2.49. The van der Waals surface area contributed by atoms with E-state index in [-0.39, 0.29) is 0 Å². The fourth-order valence-corrected chi connectivity index (χ4v) is 2.10. The van der Waals surface area contributed by atoms with E-state index >= 15 is 0 Å². The van der Waals surface area contributed by atoms with E-state index in [9.17, 15) is 0 Å². The van der Waals surface area contributed by atoms with Gasteiger partial charge >= 0.3 is 0 Å². The van der Waals surface area contributed by atoms with Gasteiger partial charge in [0.15, 0.2) is 0 Å². The van der Waals surface area contributed by atoms with Crippen LogP contribution in [0.15, 0.2) is 12.1 Å². The third-order valence-corrected chi connectivity index (χ3v) is 2.92. The molecule has 1 heterocycles. The standard InChI is InChI=1S/C12H17NO/c1-9-5-6-12(14-2)10-4-3-7-13-8-11(9)10/h5-6,13H,3-4,7-8H2,1-2H3. The van der Waals surface area contributed by atoms with Crippen LogP contribution < -0.4 is 10.1 Å². The van der Waals surface area contributed by atoms with E-state index in [1.807, 2.05) is 0 Å². The third kappa shape index (κ3) is 1.62. The summed E-state index contributed by atoms with van der Waals surface area (Å²) < 4.78 is 5.40. The molecule has 2 heteroatoms. The number of rotatable bonds is 1. The molecule has 0 unspecified atom stereocenters. The van der Waals surface area contributed by atoms with Gasteiger partial charge in [0.1, 0.15) is 5.75 Å². The van der Waals surface area contributed by atoms with Crippen molar-refractivity contribution in [3.63, 3.8) is 0 Å². The Labute approximate surface area is 85.3 Å². The second-order valence-corrected chi connectivity index (χ2v) is 3.82. The largest absolute Gasteiger partial charge is 0.496 e. The predicted molar refractivity (Wildman–Crippen MR) is 57.8 cm³/mol. The zero-order valence-corrected chi connectivity index (χ0v) is 8.89. The van der Waals surface area contributed by atoms with Crippen LogP contribution >= 0.6 is 0 Å². The third-order valence-electron chi connectivity index (χ3n) is 2.92. The van der Waals surface area contributed by atoms with Crippen LogP contribution in [-0.2, 0) is 13.0 Å². The highest BCUT2D eigenvalue weighted by molar-refractivity contribution is 5.45. The average molecular weight is 191 g/mol. The van der Waals surface area contributed by atoms with Crippen molar-refractivity contribution in [1.82, 2.24) is 5.32 Å². The average Bonchev–Trinajstić information content (AvgIpc) is 2.44. The SMILES string of the molecule is COc1ccc(C)c2c1CCCNC2. The van der Waals surface area contributed by atoms with Crippen LogP contribution in [0.25, 0.3) is 0 Å². The van der Waals surface area contributed by atoms with Crippen molar-refractivity contribution in [3.8, 4) is 5.75 Å². The van der Waals surface area contributed by atoms with E-state index < -0.39 is 0 Å². The lowest BCUT2D eigenvalue weighted by molar-refractivity contribution is 0.409. The topological polar surface area (TPSA) is 21.3 Å². The summed E-state index contributed by atoms with van der Waals surface area (Å²) >= 11 is 0. The Bertz CT molecular complexity index is 333. The van der Waals surface area contributed by atoms with Crippen LogP contribution in [0.1, 0.15) is 23.1 Å². The van der Waals surface area contributed by atoms with Gasteiger partial charge in [-0.05, 0) is 49.1 Å². The van der Waals surface area contributed by atoms with Gasteiger partial charge in [0.25, 0.3) is 0 Å². The number of hydrogen-bond donors (Lipinski definition) is 1.